The first-order chi connectivity index (χ1) is 39.8. The highest BCUT2D eigenvalue weighted by Crippen LogP contribution is 2.49. The SMILES string of the molecule is CCC(C)[C@H]1O[C@]2(C=C[C@@H]1C)C[C@@H](NC(C)=O)C[C@@H](C/C=C(\C)[C@@H](O[C@H]1C[C@H](OC)[C@@H](O[C@H]3C[C@H](OC)[C@@H](O[Si](C)(C)C(C)(C)C)[C@H](C)O3)[C@H](C)O1)[C@@H](C)/C=C/C=C1\CO[C@@H]3[C@H](O[Si](C)(C)C(C)(C)C)C(C)=C[C@@H](C(=O)OCC[Si](C)(C)C)[C@]13O)O2. The lowest BCUT2D eigenvalue weighted by atomic mass is 9.71. The van der Waals surface area contributed by atoms with Gasteiger partial charge in [-0.2, -0.15) is 0 Å². The molecule has 5 aliphatic heterocycles. The van der Waals surface area contributed by atoms with Crippen LogP contribution in [0, 0.1) is 23.7 Å². The molecule has 16 nitrogen and oxygen atoms in total. The number of fused-ring (bicyclic) bond motifs is 1. The molecule has 1 amide bonds. The quantitative estimate of drug-likeness (QED) is 0.0561. The van der Waals surface area contributed by atoms with Gasteiger partial charge in [-0.3, -0.25) is 9.59 Å². The fourth-order valence-electron chi connectivity index (χ4n) is 12.5. The summed E-state index contributed by atoms with van der Waals surface area (Å²) >= 11 is 0. The Morgan fingerprint density at radius 1 is 0.860 bits per heavy atom. The molecule has 0 radical (unpaired) electrons. The van der Waals surface area contributed by atoms with E-state index >= 15 is 0 Å². The number of nitrogens with one attached hydrogen (secondary N) is 1. The molecule has 6 rings (SSSR count). The zero-order valence-electron chi connectivity index (χ0n) is 57.5. The average Bonchev–Trinajstić information content (AvgIpc) is 1.49. The second-order valence-corrected chi connectivity index (χ2v) is 45.6. The van der Waals surface area contributed by atoms with Crippen molar-refractivity contribution in [2.45, 2.75) is 301 Å². The van der Waals surface area contributed by atoms with Crippen molar-refractivity contribution in [3.8, 4) is 0 Å². The smallest absolute Gasteiger partial charge is 0.316 e. The van der Waals surface area contributed by atoms with Crippen LogP contribution in [0.15, 0.2) is 59.3 Å². The van der Waals surface area contributed by atoms with E-state index in [1.807, 2.05) is 39.0 Å². The van der Waals surface area contributed by atoms with Gasteiger partial charge in [0.25, 0.3) is 0 Å². The minimum atomic E-state index is -2.39. The summed E-state index contributed by atoms with van der Waals surface area (Å²) in [5.41, 5.74) is 0.642. The lowest BCUT2D eigenvalue weighted by molar-refractivity contribution is -0.317. The summed E-state index contributed by atoms with van der Waals surface area (Å²) < 4.78 is 80.1. The van der Waals surface area contributed by atoms with Crippen LogP contribution in [0.1, 0.15) is 142 Å². The van der Waals surface area contributed by atoms with E-state index in [2.05, 4.69) is 152 Å². The van der Waals surface area contributed by atoms with Crippen molar-refractivity contribution in [2.24, 2.45) is 23.7 Å². The van der Waals surface area contributed by atoms with Crippen LogP contribution >= 0.6 is 0 Å². The van der Waals surface area contributed by atoms with Crippen LogP contribution in [0.3, 0.4) is 0 Å². The van der Waals surface area contributed by atoms with Crippen LogP contribution in [0.2, 0.25) is 61.9 Å². The molecule has 0 bridgehead atoms. The molecule has 2 N–H and O–H groups in total. The van der Waals surface area contributed by atoms with Crippen molar-refractivity contribution in [3.05, 3.63) is 59.3 Å². The van der Waals surface area contributed by atoms with Gasteiger partial charge in [0.15, 0.2) is 35.0 Å². The molecular formula is C67H117NO15Si3. The van der Waals surface area contributed by atoms with Crippen molar-refractivity contribution >= 4 is 36.6 Å². The number of rotatable bonds is 23. The number of allylic oxidation sites excluding steroid dienone is 2. The molecule has 0 saturated carbocycles. The summed E-state index contributed by atoms with van der Waals surface area (Å²) in [5.74, 6) is -2.27. The fourth-order valence-corrected chi connectivity index (χ4v) is 15.9. The first-order valence-electron chi connectivity index (χ1n) is 32.4. The monoisotopic (exact) mass is 1260 g/mol. The van der Waals surface area contributed by atoms with Crippen molar-refractivity contribution in [1.82, 2.24) is 5.32 Å². The Labute approximate surface area is 522 Å². The number of esters is 1. The second kappa shape index (κ2) is 29.2. The molecule has 0 aromatic heterocycles. The zero-order chi connectivity index (χ0) is 64.3. The topological polar surface area (TPSA) is 177 Å². The highest BCUT2D eigenvalue weighted by Gasteiger charge is 2.61. The predicted molar refractivity (Wildman–Crippen MR) is 346 cm³/mol. The summed E-state index contributed by atoms with van der Waals surface area (Å²) in [6.07, 6.45) is 12.1. The van der Waals surface area contributed by atoms with E-state index in [1.54, 1.807) is 21.1 Å². The van der Waals surface area contributed by atoms with Crippen molar-refractivity contribution in [2.75, 3.05) is 27.4 Å². The third kappa shape index (κ3) is 17.7. The largest absolute Gasteiger partial charge is 0.465 e. The highest BCUT2D eigenvalue weighted by atomic mass is 28.4. The molecule has 86 heavy (non-hydrogen) atoms. The first-order valence-corrected chi connectivity index (χ1v) is 41.9. The Morgan fingerprint density at radius 2 is 1.47 bits per heavy atom. The van der Waals surface area contributed by atoms with E-state index in [-0.39, 0.29) is 71.0 Å². The van der Waals surface area contributed by atoms with Gasteiger partial charge in [-0.05, 0) is 112 Å². The molecule has 1 spiro atoms. The lowest BCUT2D eigenvalue weighted by Gasteiger charge is -2.48. The molecule has 1 aliphatic carbocycles. The van der Waals surface area contributed by atoms with Gasteiger partial charge in [-0.15, -0.1) is 0 Å². The third-order valence-electron chi connectivity index (χ3n) is 20.2. The Morgan fingerprint density at radius 3 is 2.07 bits per heavy atom. The number of aliphatic hydroxyl groups is 1. The van der Waals surface area contributed by atoms with E-state index in [0.29, 0.717) is 50.2 Å². The summed E-state index contributed by atoms with van der Waals surface area (Å²) in [6.45, 7) is 47.6. The van der Waals surface area contributed by atoms with Gasteiger partial charge < -0.3 is 66.6 Å². The Balaban J connectivity index is 1.30. The molecule has 6 aliphatic rings. The minimum absolute atomic E-state index is 0.0186. The molecule has 20 atom stereocenters. The van der Waals surface area contributed by atoms with Gasteiger partial charge in [0.1, 0.15) is 23.7 Å². The lowest BCUT2D eigenvalue weighted by Crippen LogP contribution is -2.60. The standard InChI is InChI=1S/C67H117NO15Si3/c1-25-41(2)58-44(5)31-32-66(81-58)39-50(68-48(9)69)36-51(80-66)30-29-43(4)57(78-55-37-53(72-16)60(46(7)76-55)79-56-38-54(73-17)61(47(8)77-56)83-86(23,24)65(13,14)15)42(3)27-26-28-49-40-75-62-59(82-85(21,22)64(10,11)12)45(6)35-52(67(49,62)71)63(70)74-33-34-84(18,19)20/h26-29,31-32,35,41-42,44,46-47,50-62,71H,25,30,33-34,36-40H2,1-24H3,(H,68,69)/b27-26+,43-29+,49-28+/t41?,42-,44-,46-,47-,50-,51+,52-,53-,54-,55-,56-,57-,58+,59+,60-,61-,62+,66+,67+/m0/s1. The molecule has 5 heterocycles. The molecule has 0 aromatic rings. The Bertz CT molecular complexity index is 2430. The highest BCUT2D eigenvalue weighted by molar-refractivity contribution is 6.76. The zero-order valence-corrected chi connectivity index (χ0v) is 60.5. The third-order valence-corrected chi connectivity index (χ3v) is 30.8. The van der Waals surface area contributed by atoms with Gasteiger partial charge in [0, 0.05) is 66.4 Å². The van der Waals surface area contributed by atoms with E-state index in [4.69, 9.17) is 56.2 Å². The number of carbonyl (C=O) groups excluding carboxylic acids is 2. The molecule has 4 fully saturated rings. The number of ether oxygens (including phenoxy) is 10. The second-order valence-electron chi connectivity index (χ2n) is 30.5. The number of hydrogen-bond donors (Lipinski definition) is 2. The van der Waals surface area contributed by atoms with Crippen LogP contribution in [0.25, 0.3) is 0 Å². The van der Waals surface area contributed by atoms with E-state index in [1.165, 1.54) is 0 Å². The molecule has 19 heteroatoms. The molecule has 492 valence electrons. The van der Waals surface area contributed by atoms with E-state index < -0.39 is 97.2 Å². The Kier molecular flexibility index (Phi) is 24.7. The van der Waals surface area contributed by atoms with Crippen LogP contribution in [-0.4, -0.2) is 166 Å². The number of carbonyl (C=O) groups is 2. The van der Waals surface area contributed by atoms with Crippen molar-refractivity contribution in [1.29, 1.82) is 0 Å². The van der Waals surface area contributed by atoms with Crippen molar-refractivity contribution < 1.29 is 70.9 Å². The first kappa shape index (κ1) is 72.9. The van der Waals surface area contributed by atoms with Gasteiger partial charge >= 0.3 is 5.97 Å². The van der Waals surface area contributed by atoms with Gasteiger partial charge in [-0.1, -0.05) is 132 Å². The number of methoxy groups -OCH3 is 2. The van der Waals surface area contributed by atoms with E-state index in [9.17, 15) is 14.7 Å². The number of hydrogen-bond acceptors (Lipinski definition) is 15. The van der Waals surface area contributed by atoms with Crippen molar-refractivity contribution in [3.63, 3.8) is 0 Å². The molecule has 1 unspecified atom stereocenters. The summed E-state index contributed by atoms with van der Waals surface area (Å²) in [7, 11) is -2.64. The van der Waals surface area contributed by atoms with Gasteiger partial charge in [-0.25, -0.2) is 0 Å². The molecule has 0 aromatic carbocycles. The average molecular weight is 1260 g/mol. The normalized spacial score (nSPS) is 36.7. The molecular weight excluding hydrogens is 1140 g/mol. The van der Waals surface area contributed by atoms with Crippen LogP contribution in [-0.2, 0) is 65.8 Å². The van der Waals surface area contributed by atoms with Crippen LogP contribution in [0.5, 0.6) is 0 Å². The van der Waals surface area contributed by atoms with Gasteiger partial charge in [0.2, 0.25) is 5.91 Å². The fraction of sp³-hybridized carbons (Fsp3) is 0.821. The maximum Gasteiger partial charge on any atom is 0.316 e. The molecule has 4 saturated heterocycles. The summed E-state index contributed by atoms with van der Waals surface area (Å²) in [4.78, 5) is 26.9. The summed E-state index contributed by atoms with van der Waals surface area (Å²) in [6, 6.07) is 0.651. The maximum absolute atomic E-state index is 14.3. The predicted octanol–water partition coefficient (Wildman–Crippen LogP) is 12.9. The maximum atomic E-state index is 14.3. The van der Waals surface area contributed by atoms with Gasteiger partial charge in [0.05, 0.1) is 68.1 Å². The summed E-state index contributed by atoms with van der Waals surface area (Å²) in [5, 5.41) is 16.3. The number of amides is 1. The van der Waals surface area contributed by atoms with Crippen LogP contribution < -0.4 is 5.32 Å². The Hall–Kier alpha value is -2.19. The van der Waals surface area contributed by atoms with Crippen LogP contribution in [0.4, 0.5) is 0 Å². The minimum Gasteiger partial charge on any atom is -0.465 e. The van der Waals surface area contributed by atoms with E-state index in [0.717, 1.165) is 23.6 Å².